The Morgan fingerprint density at radius 3 is 2.50 bits per heavy atom. The molecule has 0 saturated carbocycles. The van der Waals surface area contributed by atoms with Gasteiger partial charge in [-0.05, 0) is 44.2 Å². The SMILES string of the molecule is CCOc1cc(-c2nc(C(=O)NCc3cccc(C(=O)O)n3)c([C@H](C)N)o2)ccc1OC(F)F.Cl.Cl. The number of carbonyl (C=O) groups is 2. The zero-order chi connectivity index (χ0) is 24.8. The summed E-state index contributed by atoms with van der Waals surface area (Å²) < 4.78 is 40.8. The summed E-state index contributed by atoms with van der Waals surface area (Å²) in [5, 5.41) is 11.6. The van der Waals surface area contributed by atoms with E-state index in [1.165, 1.54) is 30.3 Å². The molecule has 3 rings (SSSR count). The number of rotatable bonds is 10. The monoisotopic (exact) mass is 548 g/mol. The van der Waals surface area contributed by atoms with Crippen molar-refractivity contribution in [3.05, 3.63) is 59.2 Å². The first-order chi connectivity index (χ1) is 16.2. The lowest BCUT2D eigenvalue weighted by Gasteiger charge is -2.11. The lowest BCUT2D eigenvalue weighted by molar-refractivity contribution is -0.0514. The molecule has 0 spiro atoms. The summed E-state index contributed by atoms with van der Waals surface area (Å²) in [6.45, 7) is 0.391. The van der Waals surface area contributed by atoms with E-state index in [1.807, 2.05) is 0 Å². The van der Waals surface area contributed by atoms with Crippen molar-refractivity contribution in [2.24, 2.45) is 5.73 Å². The minimum atomic E-state index is -3.03. The maximum Gasteiger partial charge on any atom is 0.387 e. The highest BCUT2D eigenvalue weighted by atomic mass is 35.5. The van der Waals surface area contributed by atoms with Crippen LogP contribution in [0.15, 0.2) is 40.8 Å². The Balaban J connectivity index is 0.00000324. The number of nitrogens with one attached hydrogen (secondary N) is 1. The minimum Gasteiger partial charge on any atom is -0.490 e. The molecule has 0 radical (unpaired) electrons. The summed E-state index contributed by atoms with van der Waals surface area (Å²) in [5.74, 6) is -1.79. The molecular weight excluding hydrogens is 525 g/mol. The fourth-order valence-electron chi connectivity index (χ4n) is 2.98. The van der Waals surface area contributed by atoms with Crippen molar-refractivity contribution < 1.29 is 37.4 Å². The van der Waals surface area contributed by atoms with Crippen molar-refractivity contribution in [3.8, 4) is 23.0 Å². The molecule has 3 aromatic rings. The quantitative estimate of drug-likeness (QED) is 0.338. The molecule has 0 bridgehead atoms. The van der Waals surface area contributed by atoms with Gasteiger partial charge in [0.1, 0.15) is 5.69 Å². The Morgan fingerprint density at radius 1 is 1.17 bits per heavy atom. The molecule has 196 valence electrons. The van der Waals surface area contributed by atoms with Gasteiger partial charge in [-0.25, -0.2) is 14.8 Å². The molecule has 2 aromatic heterocycles. The van der Waals surface area contributed by atoms with Crippen molar-refractivity contribution in [1.29, 1.82) is 0 Å². The number of nitrogens with zero attached hydrogens (tertiary/aromatic N) is 2. The summed E-state index contributed by atoms with van der Waals surface area (Å²) >= 11 is 0. The number of nitrogens with two attached hydrogens (primary N) is 1. The predicted molar refractivity (Wildman–Crippen MR) is 129 cm³/mol. The Bertz CT molecular complexity index is 1190. The number of pyridine rings is 1. The normalized spacial score (nSPS) is 11.2. The van der Waals surface area contributed by atoms with Gasteiger partial charge in [0, 0.05) is 5.56 Å². The van der Waals surface area contributed by atoms with E-state index in [1.54, 1.807) is 19.9 Å². The van der Waals surface area contributed by atoms with Gasteiger partial charge in [-0.1, -0.05) is 6.07 Å². The molecular formula is C22H24Cl2F2N4O6. The van der Waals surface area contributed by atoms with Crippen LogP contribution in [0.3, 0.4) is 0 Å². The van der Waals surface area contributed by atoms with Gasteiger partial charge in [0.2, 0.25) is 5.89 Å². The molecule has 4 N–H and O–H groups in total. The summed E-state index contributed by atoms with van der Waals surface area (Å²) in [5.41, 5.74) is 6.38. The largest absolute Gasteiger partial charge is 0.490 e. The molecule has 1 amide bonds. The van der Waals surface area contributed by atoms with Gasteiger partial charge in [0.25, 0.3) is 5.91 Å². The maximum atomic E-state index is 12.8. The van der Waals surface area contributed by atoms with Gasteiger partial charge in [-0.15, -0.1) is 24.8 Å². The van der Waals surface area contributed by atoms with Crippen LogP contribution in [-0.2, 0) is 6.54 Å². The third kappa shape index (κ3) is 7.51. The average Bonchev–Trinajstić information content (AvgIpc) is 3.25. The first-order valence-corrected chi connectivity index (χ1v) is 10.1. The zero-order valence-electron chi connectivity index (χ0n) is 19.1. The molecule has 2 heterocycles. The topological polar surface area (TPSA) is 150 Å². The molecule has 1 aromatic carbocycles. The average molecular weight is 549 g/mol. The van der Waals surface area contributed by atoms with Gasteiger partial charge >= 0.3 is 12.6 Å². The lowest BCUT2D eigenvalue weighted by Crippen LogP contribution is -2.26. The molecule has 1 atom stereocenters. The minimum absolute atomic E-state index is 0. The van der Waals surface area contributed by atoms with Crippen LogP contribution in [0.1, 0.15) is 52.3 Å². The number of benzene rings is 1. The van der Waals surface area contributed by atoms with Crippen LogP contribution in [0, 0.1) is 0 Å². The number of ether oxygens (including phenoxy) is 2. The number of halogens is 4. The van der Waals surface area contributed by atoms with E-state index in [-0.39, 0.29) is 72.5 Å². The highest BCUT2D eigenvalue weighted by Crippen LogP contribution is 2.34. The van der Waals surface area contributed by atoms with Gasteiger partial charge in [-0.2, -0.15) is 8.78 Å². The van der Waals surface area contributed by atoms with Gasteiger partial charge < -0.3 is 30.0 Å². The number of carbonyl (C=O) groups excluding carboxylic acids is 1. The van der Waals surface area contributed by atoms with Gasteiger partial charge in [0.15, 0.2) is 23.0 Å². The molecule has 14 heteroatoms. The molecule has 10 nitrogen and oxygen atoms in total. The summed E-state index contributed by atoms with van der Waals surface area (Å²) in [6, 6.07) is 7.83. The Labute approximate surface area is 217 Å². The van der Waals surface area contributed by atoms with E-state index in [2.05, 4.69) is 20.0 Å². The Hall–Kier alpha value is -3.48. The van der Waals surface area contributed by atoms with Crippen molar-refractivity contribution in [2.45, 2.75) is 33.0 Å². The Morgan fingerprint density at radius 2 is 1.89 bits per heavy atom. The lowest BCUT2D eigenvalue weighted by atomic mass is 10.2. The third-order valence-electron chi connectivity index (χ3n) is 4.44. The highest BCUT2D eigenvalue weighted by Gasteiger charge is 2.24. The molecule has 0 aliphatic heterocycles. The standard InChI is InChI=1S/C22H22F2N4O6.2ClH/c1-3-32-16-9-12(7-8-15(16)33-22(23)24)20-28-17(18(34-20)11(2)25)19(29)26-10-13-5-4-6-14(27-13)21(30)31;;/h4-9,11,22H,3,10,25H2,1-2H3,(H,26,29)(H,30,31);2*1H/t11-;;/m0../s1. The number of carboxylic acids is 1. The van der Waals surface area contributed by atoms with Crippen LogP contribution in [-0.4, -0.2) is 40.2 Å². The van der Waals surface area contributed by atoms with Crippen molar-refractivity contribution in [1.82, 2.24) is 15.3 Å². The van der Waals surface area contributed by atoms with Gasteiger partial charge in [0.05, 0.1) is 24.9 Å². The molecule has 0 aliphatic carbocycles. The second-order valence-corrected chi connectivity index (χ2v) is 7.00. The summed E-state index contributed by atoms with van der Waals surface area (Å²) in [7, 11) is 0. The molecule has 0 aliphatic rings. The van der Waals surface area contributed by atoms with E-state index < -0.39 is 24.5 Å². The van der Waals surface area contributed by atoms with Crippen molar-refractivity contribution in [2.75, 3.05) is 6.61 Å². The predicted octanol–water partition coefficient (Wildman–Crippen LogP) is 4.23. The van der Waals surface area contributed by atoms with Crippen LogP contribution in [0.4, 0.5) is 8.78 Å². The Kier molecular flexibility index (Phi) is 11.5. The number of aromatic carboxylic acids is 1. The van der Waals surface area contributed by atoms with Crippen LogP contribution < -0.4 is 20.5 Å². The second-order valence-electron chi connectivity index (χ2n) is 7.00. The third-order valence-corrected chi connectivity index (χ3v) is 4.44. The fourth-order valence-corrected chi connectivity index (χ4v) is 2.98. The number of aromatic nitrogens is 2. The molecule has 36 heavy (non-hydrogen) atoms. The van der Waals surface area contributed by atoms with Crippen molar-refractivity contribution in [3.63, 3.8) is 0 Å². The number of oxazole rings is 1. The number of amides is 1. The molecule has 0 saturated heterocycles. The number of alkyl halides is 2. The van der Waals surface area contributed by atoms with Crippen LogP contribution in [0.2, 0.25) is 0 Å². The second kappa shape index (κ2) is 13.6. The molecule has 0 fully saturated rings. The van der Waals surface area contributed by atoms with E-state index in [4.69, 9.17) is 20.0 Å². The summed E-state index contributed by atoms with van der Waals surface area (Å²) in [4.78, 5) is 32.0. The zero-order valence-corrected chi connectivity index (χ0v) is 20.7. The first kappa shape index (κ1) is 30.6. The number of carboxylic acid groups (broad SMARTS) is 1. The smallest absolute Gasteiger partial charge is 0.387 e. The van der Waals surface area contributed by atoms with E-state index in [0.717, 1.165) is 0 Å². The first-order valence-electron chi connectivity index (χ1n) is 10.1. The fraction of sp³-hybridized carbons (Fsp3) is 0.273. The highest BCUT2D eigenvalue weighted by molar-refractivity contribution is 5.94. The van der Waals surface area contributed by atoms with E-state index >= 15 is 0 Å². The molecule has 0 unspecified atom stereocenters. The van der Waals surface area contributed by atoms with Crippen molar-refractivity contribution >= 4 is 36.7 Å². The van der Waals surface area contributed by atoms with Crippen LogP contribution >= 0.6 is 24.8 Å². The van der Waals surface area contributed by atoms with E-state index in [9.17, 15) is 18.4 Å². The maximum absolute atomic E-state index is 12.8. The number of hydrogen-bond donors (Lipinski definition) is 3. The van der Waals surface area contributed by atoms with Crippen LogP contribution in [0.5, 0.6) is 11.5 Å². The summed E-state index contributed by atoms with van der Waals surface area (Å²) in [6.07, 6.45) is 0. The number of hydrogen-bond acceptors (Lipinski definition) is 8. The van der Waals surface area contributed by atoms with E-state index in [0.29, 0.717) is 11.3 Å². The van der Waals surface area contributed by atoms with Gasteiger partial charge in [-0.3, -0.25) is 4.79 Å². The van der Waals surface area contributed by atoms with Crippen LogP contribution in [0.25, 0.3) is 11.5 Å².